The third-order valence-corrected chi connectivity index (χ3v) is 6.12. The summed E-state index contributed by atoms with van der Waals surface area (Å²) < 4.78 is 5.21. The van der Waals surface area contributed by atoms with Crippen molar-refractivity contribution in [2.75, 3.05) is 0 Å². The third kappa shape index (κ3) is 5.10. The number of para-hydroxylation sites is 1. The molecule has 5 aromatic rings. The molecule has 8 nitrogen and oxygen atoms in total. The van der Waals surface area contributed by atoms with Gasteiger partial charge in [-0.1, -0.05) is 53.2 Å². The van der Waals surface area contributed by atoms with E-state index in [1.165, 1.54) is 0 Å². The predicted molar refractivity (Wildman–Crippen MR) is 133 cm³/mol. The molecule has 2 N–H and O–H groups in total. The van der Waals surface area contributed by atoms with Gasteiger partial charge in [0.05, 0.1) is 16.8 Å². The summed E-state index contributed by atoms with van der Waals surface area (Å²) in [6, 6.07) is 19.0. The van der Waals surface area contributed by atoms with Crippen molar-refractivity contribution >= 4 is 34.1 Å². The first-order valence-corrected chi connectivity index (χ1v) is 11.9. The van der Waals surface area contributed by atoms with Crippen LogP contribution in [0.25, 0.3) is 33.5 Å². The number of carbonyl (C=O) groups excluding carboxylic acids is 2. The fourth-order valence-electron chi connectivity index (χ4n) is 3.58. The maximum atomic E-state index is 13.0. The lowest BCUT2D eigenvalue weighted by atomic mass is 10.0. The Morgan fingerprint density at radius 2 is 1.80 bits per heavy atom. The van der Waals surface area contributed by atoms with Gasteiger partial charge in [0.1, 0.15) is 0 Å². The van der Waals surface area contributed by atoms with Crippen LogP contribution in [0.1, 0.15) is 28.2 Å². The van der Waals surface area contributed by atoms with E-state index in [0.29, 0.717) is 33.9 Å². The Morgan fingerprint density at radius 1 is 0.971 bits per heavy atom. The predicted octanol–water partition coefficient (Wildman–Crippen LogP) is 4.72. The number of thiophene rings is 1. The second-order valence-electron chi connectivity index (χ2n) is 7.96. The molecule has 0 saturated heterocycles. The molecule has 0 spiro atoms. The molecule has 174 valence electrons. The summed E-state index contributed by atoms with van der Waals surface area (Å²) in [6.45, 7) is 2.01. The largest absolute Gasteiger partial charge is 0.339 e. The number of hydrogen-bond acceptors (Lipinski definition) is 7. The van der Waals surface area contributed by atoms with Crippen LogP contribution in [0.3, 0.4) is 0 Å². The normalized spacial score (nSPS) is 10.9. The molecule has 0 aliphatic rings. The highest BCUT2D eigenvalue weighted by Gasteiger charge is 2.16. The van der Waals surface area contributed by atoms with Gasteiger partial charge in [0.25, 0.3) is 5.91 Å². The molecule has 0 bridgehead atoms. The van der Waals surface area contributed by atoms with Crippen LogP contribution < -0.4 is 10.9 Å². The highest BCUT2D eigenvalue weighted by molar-refractivity contribution is 7.08. The van der Waals surface area contributed by atoms with Crippen LogP contribution in [-0.4, -0.2) is 26.9 Å². The van der Waals surface area contributed by atoms with Gasteiger partial charge in [-0.25, -0.2) is 4.98 Å². The number of aryl methyl sites for hydroxylation is 2. The fourth-order valence-corrected chi connectivity index (χ4v) is 4.21. The van der Waals surface area contributed by atoms with Gasteiger partial charge in [0, 0.05) is 34.7 Å². The van der Waals surface area contributed by atoms with Crippen molar-refractivity contribution in [2.24, 2.45) is 0 Å². The number of fused-ring (bicyclic) bond motifs is 1. The smallest absolute Gasteiger partial charge is 0.270 e. The second-order valence-corrected chi connectivity index (χ2v) is 8.74. The van der Waals surface area contributed by atoms with Gasteiger partial charge in [0.2, 0.25) is 17.6 Å². The summed E-state index contributed by atoms with van der Waals surface area (Å²) in [6.07, 6.45) is 0.339. The molecule has 0 radical (unpaired) electrons. The van der Waals surface area contributed by atoms with Gasteiger partial charge in [0.15, 0.2) is 0 Å². The van der Waals surface area contributed by atoms with Crippen molar-refractivity contribution < 1.29 is 14.1 Å². The fraction of sp³-hybridized carbons (Fsp3) is 0.115. The van der Waals surface area contributed by atoms with Gasteiger partial charge in [-0.15, -0.1) is 0 Å². The number of rotatable bonds is 6. The quantitative estimate of drug-likeness (QED) is 0.338. The number of hydrogen-bond donors (Lipinski definition) is 2. The first kappa shape index (κ1) is 22.4. The van der Waals surface area contributed by atoms with Crippen LogP contribution in [0.15, 0.2) is 75.9 Å². The minimum atomic E-state index is -0.428. The zero-order chi connectivity index (χ0) is 24.2. The van der Waals surface area contributed by atoms with E-state index in [2.05, 4.69) is 21.0 Å². The van der Waals surface area contributed by atoms with E-state index in [4.69, 9.17) is 9.51 Å². The van der Waals surface area contributed by atoms with Gasteiger partial charge in [-0.05, 0) is 30.5 Å². The molecular weight excluding hydrogens is 462 g/mol. The van der Waals surface area contributed by atoms with Crippen LogP contribution in [0.5, 0.6) is 0 Å². The zero-order valence-corrected chi connectivity index (χ0v) is 19.6. The molecule has 2 aromatic carbocycles. The number of aromatic nitrogens is 3. The Hall–Kier alpha value is -4.37. The van der Waals surface area contributed by atoms with Crippen LogP contribution in [0.4, 0.5) is 0 Å². The van der Waals surface area contributed by atoms with Gasteiger partial charge in [-0.2, -0.15) is 16.3 Å². The Bertz CT molecular complexity index is 1490. The number of nitrogens with zero attached hydrogens (tertiary/aromatic N) is 3. The molecule has 0 aliphatic heterocycles. The molecule has 35 heavy (non-hydrogen) atoms. The van der Waals surface area contributed by atoms with E-state index >= 15 is 0 Å². The topological polar surface area (TPSA) is 110 Å². The zero-order valence-electron chi connectivity index (χ0n) is 18.8. The summed E-state index contributed by atoms with van der Waals surface area (Å²) in [4.78, 5) is 34.4. The van der Waals surface area contributed by atoms with Crippen molar-refractivity contribution in [3.63, 3.8) is 0 Å². The molecule has 0 aliphatic carbocycles. The summed E-state index contributed by atoms with van der Waals surface area (Å²) >= 11 is 1.54. The monoisotopic (exact) mass is 483 g/mol. The minimum absolute atomic E-state index is 0.0806. The number of hydrazine groups is 1. The van der Waals surface area contributed by atoms with E-state index in [-0.39, 0.29) is 18.7 Å². The SMILES string of the molecule is Cc1ccc(-c2cc(C(=O)NNC(=O)CCc3nc(-c4ccsc4)no3)c3ccccc3n2)cc1. The first-order valence-electron chi connectivity index (χ1n) is 11.0. The van der Waals surface area contributed by atoms with Crippen LogP contribution in [0, 0.1) is 6.92 Å². The van der Waals surface area contributed by atoms with Crippen LogP contribution >= 0.6 is 11.3 Å². The molecular formula is C26H21N5O3S. The second kappa shape index (κ2) is 9.86. The maximum Gasteiger partial charge on any atom is 0.270 e. The summed E-state index contributed by atoms with van der Waals surface area (Å²) in [7, 11) is 0. The lowest BCUT2D eigenvalue weighted by Crippen LogP contribution is -2.41. The molecule has 9 heteroatoms. The maximum absolute atomic E-state index is 13.0. The lowest BCUT2D eigenvalue weighted by molar-refractivity contribution is -0.121. The van der Waals surface area contributed by atoms with E-state index in [9.17, 15) is 9.59 Å². The third-order valence-electron chi connectivity index (χ3n) is 5.44. The average Bonchev–Trinajstić information content (AvgIpc) is 3.58. The van der Waals surface area contributed by atoms with Gasteiger partial charge < -0.3 is 4.52 Å². The number of amides is 2. The molecule has 3 heterocycles. The van der Waals surface area contributed by atoms with Crippen molar-refractivity contribution in [3.8, 4) is 22.6 Å². The van der Waals surface area contributed by atoms with Crippen molar-refractivity contribution in [3.05, 3.63) is 88.4 Å². The van der Waals surface area contributed by atoms with Crippen LogP contribution in [-0.2, 0) is 11.2 Å². The molecule has 0 saturated carbocycles. The van der Waals surface area contributed by atoms with Crippen molar-refractivity contribution in [1.82, 2.24) is 26.0 Å². The molecule has 0 atom stereocenters. The Balaban J connectivity index is 1.26. The van der Waals surface area contributed by atoms with E-state index in [0.717, 1.165) is 16.7 Å². The molecule has 0 unspecified atom stereocenters. The minimum Gasteiger partial charge on any atom is -0.339 e. The van der Waals surface area contributed by atoms with Crippen molar-refractivity contribution in [2.45, 2.75) is 19.8 Å². The standard InChI is InChI=1S/C26H21N5O3S/c1-16-6-8-17(9-7-16)22-14-20(19-4-2-3-5-21(19)27-22)26(33)30-29-23(32)10-11-24-28-25(31-34-24)18-12-13-35-15-18/h2-9,12-15H,10-11H2,1H3,(H,29,32)(H,30,33). The Labute approximate surface area is 205 Å². The van der Waals surface area contributed by atoms with Gasteiger partial charge in [-0.3, -0.25) is 20.4 Å². The van der Waals surface area contributed by atoms with E-state index < -0.39 is 5.91 Å². The summed E-state index contributed by atoms with van der Waals surface area (Å²) in [5.74, 6) is 0.0491. The van der Waals surface area contributed by atoms with Crippen LogP contribution in [0.2, 0.25) is 0 Å². The summed E-state index contributed by atoms with van der Waals surface area (Å²) in [5, 5.41) is 8.48. The number of pyridine rings is 1. The Morgan fingerprint density at radius 3 is 2.60 bits per heavy atom. The first-order chi connectivity index (χ1) is 17.1. The molecule has 3 aromatic heterocycles. The average molecular weight is 484 g/mol. The van der Waals surface area contributed by atoms with E-state index in [1.807, 2.05) is 72.3 Å². The molecule has 0 fully saturated rings. The van der Waals surface area contributed by atoms with Gasteiger partial charge >= 0.3 is 0 Å². The van der Waals surface area contributed by atoms with E-state index in [1.54, 1.807) is 17.4 Å². The van der Waals surface area contributed by atoms with Crippen molar-refractivity contribution in [1.29, 1.82) is 0 Å². The summed E-state index contributed by atoms with van der Waals surface area (Å²) in [5.41, 5.74) is 9.69. The Kier molecular flexibility index (Phi) is 6.32. The highest BCUT2D eigenvalue weighted by atomic mass is 32.1. The number of benzene rings is 2. The number of carbonyl (C=O) groups is 2. The molecule has 2 amide bonds. The molecule has 5 rings (SSSR count). The lowest BCUT2D eigenvalue weighted by Gasteiger charge is -2.11. The highest BCUT2D eigenvalue weighted by Crippen LogP contribution is 2.25. The number of nitrogens with one attached hydrogen (secondary N) is 2.